The van der Waals surface area contributed by atoms with Gasteiger partial charge in [-0.1, -0.05) is 30.9 Å². The van der Waals surface area contributed by atoms with Gasteiger partial charge in [-0.2, -0.15) is 0 Å². The average molecular weight is 487 g/mol. The highest BCUT2D eigenvalue weighted by Gasteiger charge is 2.16. The van der Waals surface area contributed by atoms with Crippen LogP contribution in [0, 0.1) is 6.57 Å². The highest BCUT2D eigenvalue weighted by molar-refractivity contribution is 5.95. The van der Waals surface area contributed by atoms with E-state index in [1.807, 2.05) is 66.6 Å². The van der Waals surface area contributed by atoms with Gasteiger partial charge in [0.15, 0.2) is 11.8 Å². The van der Waals surface area contributed by atoms with Crippen molar-refractivity contribution >= 4 is 40.1 Å². The van der Waals surface area contributed by atoms with Crippen LogP contribution >= 0.6 is 0 Å². The standard InChI is InChI=1S/C28H30N4O4/c1-29-26-19-24(22-11-5-6-12-23(22)30-26)32(2)21-15-16-25(34-3)20(18-21)10-4-7-13-27(33)31-36-28-14-8-9-17-35-28/h4-6,10-12,15-16,18-19,28H,7-9,13-14,17H2,2-3H3,(H,31,33)/b10-4+. The molecule has 8 heteroatoms. The fourth-order valence-corrected chi connectivity index (χ4v) is 4.09. The zero-order valence-corrected chi connectivity index (χ0v) is 20.6. The Morgan fingerprint density at radius 2 is 2.14 bits per heavy atom. The SMILES string of the molecule is [C-]#[N+]c1cc(N(C)c2ccc(OC)c(/C=C/CCC(=O)NOC3CCCCO3)c2)c2ccccc2n1. The number of fused-ring (bicyclic) bond motifs is 1. The molecule has 1 unspecified atom stereocenters. The Hall–Kier alpha value is -3.93. The molecule has 3 aromatic rings. The zero-order chi connectivity index (χ0) is 25.3. The lowest BCUT2D eigenvalue weighted by atomic mass is 10.1. The molecule has 8 nitrogen and oxygen atoms in total. The molecule has 1 atom stereocenters. The van der Waals surface area contributed by atoms with Crippen LogP contribution in [0.1, 0.15) is 37.7 Å². The van der Waals surface area contributed by atoms with Gasteiger partial charge in [0.05, 0.1) is 7.11 Å². The minimum Gasteiger partial charge on any atom is -0.496 e. The molecule has 1 aliphatic rings. The van der Waals surface area contributed by atoms with Crippen LogP contribution < -0.4 is 15.1 Å². The van der Waals surface area contributed by atoms with Gasteiger partial charge in [-0.05, 0) is 55.7 Å². The van der Waals surface area contributed by atoms with E-state index in [4.69, 9.17) is 20.9 Å². The minimum absolute atomic E-state index is 0.186. The number of ether oxygens (including phenoxy) is 2. The molecule has 0 spiro atoms. The number of para-hydroxylation sites is 1. The summed E-state index contributed by atoms with van der Waals surface area (Å²) in [5.74, 6) is 0.892. The van der Waals surface area contributed by atoms with E-state index in [9.17, 15) is 4.79 Å². The number of benzene rings is 2. The number of hydrogen-bond donors (Lipinski definition) is 1. The summed E-state index contributed by atoms with van der Waals surface area (Å²) in [5, 5.41) is 0.965. The molecule has 0 saturated carbocycles. The number of rotatable bonds is 9. The number of pyridine rings is 1. The van der Waals surface area contributed by atoms with Crippen LogP contribution in [0.3, 0.4) is 0 Å². The number of hydrogen-bond acceptors (Lipinski definition) is 6. The average Bonchev–Trinajstić information content (AvgIpc) is 2.93. The largest absolute Gasteiger partial charge is 0.496 e. The maximum Gasteiger partial charge on any atom is 0.272 e. The molecule has 1 N–H and O–H groups in total. The van der Waals surface area contributed by atoms with E-state index in [-0.39, 0.29) is 12.2 Å². The Bertz CT molecular complexity index is 1280. The molecule has 1 amide bonds. The lowest BCUT2D eigenvalue weighted by Gasteiger charge is -2.22. The lowest BCUT2D eigenvalue weighted by molar-refractivity contribution is -0.200. The number of nitrogens with zero attached hydrogens (tertiary/aromatic N) is 3. The van der Waals surface area contributed by atoms with Crippen molar-refractivity contribution in [1.29, 1.82) is 0 Å². The van der Waals surface area contributed by atoms with E-state index in [0.29, 0.717) is 25.3 Å². The normalized spacial score (nSPS) is 15.5. The van der Waals surface area contributed by atoms with Crippen molar-refractivity contribution in [2.45, 2.75) is 38.4 Å². The van der Waals surface area contributed by atoms with Gasteiger partial charge in [0, 0.05) is 48.8 Å². The van der Waals surface area contributed by atoms with Crippen molar-refractivity contribution in [3.05, 3.63) is 71.6 Å². The van der Waals surface area contributed by atoms with Crippen LogP contribution in [0.25, 0.3) is 21.8 Å². The monoisotopic (exact) mass is 486 g/mol. The Morgan fingerprint density at radius 1 is 1.28 bits per heavy atom. The molecule has 1 aliphatic heterocycles. The fourth-order valence-electron chi connectivity index (χ4n) is 4.09. The Labute approximate surface area is 211 Å². The first-order valence-corrected chi connectivity index (χ1v) is 12.0. The van der Waals surface area contributed by atoms with Crippen LogP contribution in [-0.4, -0.2) is 37.9 Å². The molecule has 2 heterocycles. The van der Waals surface area contributed by atoms with Crippen molar-refractivity contribution in [3.8, 4) is 5.75 Å². The highest BCUT2D eigenvalue weighted by Crippen LogP contribution is 2.35. The number of nitrogens with one attached hydrogen (secondary N) is 1. The zero-order valence-electron chi connectivity index (χ0n) is 20.6. The molecule has 0 aliphatic carbocycles. The predicted octanol–water partition coefficient (Wildman–Crippen LogP) is 5.93. The van der Waals surface area contributed by atoms with Gasteiger partial charge in [0.25, 0.3) is 5.82 Å². The molecule has 0 radical (unpaired) electrons. The maximum absolute atomic E-state index is 12.1. The number of allylic oxidation sites excluding steroid dienone is 1. The van der Waals surface area contributed by atoms with Crippen LogP contribution in [0.15, 0.2) is 54.6 Å². The smallest absolute Gasteiger partial charge is 0.272 e. The van der Waals surface area contributed by atoms with E-state index in [2.05, 4.69) is 15.3 Å². The number of anilines is 2. The second-order valence-electron chi connectivity index (χ2n) is 8.49. The number of methoxy groups -OCH3 is 1. The van der Waals surface area contributed by atoms with Gasteiger partial charge in [-0.15, -0.1) is 4.98 Å². The number of amides is 1. The highest BCUT2D eigenvalue weighted by atomic mass is 16.8. The molecular weight excluding hydrogens is 456 g/mol. The second kappa shape index (κ2) is 12.2. The van der Waals surface area contributed by atoms with Gasteiger partial charge in [0.2, 0.25) is 5.91 Å². The van der Waals surface area contributed by atoms with E-state index < -0.39 is 0 Å². The third-order valence-corrected chi connectivity index (χ3v) is 6.03. The number of carbonyl (C=O) groups excluding carboxylic acids is 1. The van der Waals surface area contributed by atoms with E-state index in [1.165, 1.54) is 0 Å². The maximum atomic E-state index is 12.1. The number of aromatic nitrogens is 1. The van der Waals surface area contributed by atoms with Crippen molar-refractivity contribution in [2.24, 2.45) is 0 Å². The van der Waals surface area contributed by atoms with Crippen molar-refractivity contribution in [2.75, 3.05) is 25.7 Å². The van der Waals surface area contributed by atoms with Crippen LogP contribution in [0.2, 0.25) is 0 Å². The summed E-state index contributed by atoms with van der Waals surface area (Å²) in [6.07, 6.45) is 7.24. The third kappa shape index (κ3) is 6.19. The molecular formula is C28H30N4O4. The topological polar surface area (TPSA) is 77.3 Å². The molecule has 4 rings (SSSR count). The van der Waals surface area contributed by atoms with Gasteiger partial charge >= 0.3 is 0 Å². The summed E-state index contributed by atoms with van der Waals surface area (Å²) < 4.78 is 11.0. The predicted molar refractivity (Wildman–Crippen MR) is 140 cm³/mol. The number of hydroxylamine groups is 1. The fraction of sp³-hybridized carbons (Fsp3) is 0.321. The summed E-state index contributed by atoms with van der Waals surface area (Å²) in [4.78, 5) is 27.4. The minimum atomic E-state index is -0.356. The first-order valence-electron chi connectivity index (χ1n) is 12.0. The first kappa shape index (κ1) is 25.2. The molecule has 2 aromatic carbocycles. The summed E-state index contributed by atoms with van der Waals surface area (Å²) in [6.45, 7) is 8.09. The summed E-state index contributed by atoms with van der Waals surface area (Å²) >= 11 is 0. The van der Waals surface area contributed by atoms with Gasteiger partial charge in [0.1, 0.15) is 5.75 Å². The van der Waals surface area contributed by atoms with Gasteiger partial charge in [-0.25, -0.2) is 10.3 Å². The first-order chi connectivity index (χ1) is 17.6. The van der Waals surface area contributed by atoms with Crippen LogP contribution in [0.5, 0.6) is 5.75 Å². The van der Waals surface area contributed by atoms with Crippen molar-refractivity contribution in [1.82, 2.24) is 10.5 Å². The second-order valence-corrected chi connectivity index (χ2v) is 8.49. The van der Waals surface area contributed by atoms with E-state index >= 15 is 0 Å². The molecule has 186 valence electrons. The summed E-state index contributed by atoms with van der Waals surface area (Å²) in [5.41, 5.74) is 5.97. The summed E-state index contributed by atoms with van der Waals surface area (Å²) in [7, 11) is 3.59. The molecule has 36 heavy (non-hydrogen) atoms. The van der Waals surface area contributed by atoms with Crippen molar-refractivity contribution in [3.63, 3.8) is 0 Å². The third-order valence-electron chi connectivity index (χ3n) is 6.03. The van der Waals surface area contributed by atoms with Gasteiger partial charge < -0.3 is 19.2 Å². The van der Waals surface area contributed by atoms with Crippen LogP contribution in [0.4, 0.5) is 17.2 Å². The van der Waals surface area contributed by atoms with Gasteiger partial charge in [-0.3, -0.25) is 4.79 Å². The lowest BCUT2D eigenvalue weighted by Crippen LogP contribution is -2.32. The molecule has 0 bridgehead atoms. The molecule has 1 aromatic heterocycles. The van der Waals surface area contributed by atoms with E-state index in [1.54, 1.807) is 13.2 Å². The summed E-state index contributed by atoms with van der Waals surface area (Å²) in [6, 6.07) is 15.5. The molecule has 1 fully saturated rings. The number of carbonyl (C=O) groups is 1. The quantitative estimate of drug-likeness (QED) is 0.298. The van der Waals surface area contributed by atoms with Crippen molar-refractivity contribution < 1.29 is 19.1 Å². The van der Waals surface area contributed by atoms with E-state index in [0.717, 1.165) is 52.9 Å². The Morgan fingerprint density at radius 3 is 2.92 bits per heavy atom. The van der Waals surface area contributed by atoms with Crippen LogP contribution in [-0.2, 0) is 14.4 Å². The molecule has 1 saturated heterocycles. The Kier molecular flexibility index (Phi) is 8.50. The Balaban J connectivity index is 1.45.